The second-order valence-corrected chi connectivity index (χ2v) is 5.96. The molecule has 0 saturated heterocycles. The molecule has 1 N–H and O–H groups in total. The van der Waals surface area contributed by atoms with Crippen LogP contribution in [0.3, 0.4) is 0 Å². The molecule has 4 heteroatoms. The summed E-state index contributed by atoms with van der Waals surface area (Å²) in [4.78, 5) is 0. The van der Waals surface area contributed by atoms with Crippen molar-refractivity contribution in [3.63, 3.8) is 0 Å². The third-order valence-electron chi connectivity index (χ3n) is 4.19. The Labute approximate surface area is 118 Å². The number of nitrogens with one attached hydrogen (secondary N) is 1. The molecule has 1 aliphatic rings. The summed E-state index contributed by atoms with van der Waals surface area (Å²) in [7, 11) is 0. The minimum Gasteiger partial charge on any atom is -0.381 e. The summed E-state index contributed by atoms with van der Waals surface area (Å²) in [5.74, 6) is -1.23. The van der Waals surface area contributed by atoms with E-state index in [1.807, 2.05) is 32.9 Å². The maximum atomic E-state index is 13.1. The van der Waals surface area contributed by atoms with Crippen LogP contribution in [0.1, 0.15) is 42.4 Å². The van der Waals surface area contributed by atoms with Crippen LogP contribution in [-0.4, -0.2) is 12.2 Å². The molecule has 0 radical (unpaired) electrons. The highest BCUT2D eigenvalue weighted by Gasteiger charge is 2.45. The monoisotopic (exact) mass is 285 g/mol. The number of hydrogen-bond acceptors (Lipinski definition) is 1. The fourth-order valence-corrected chi connectivity index (χ4v) is 3.29. The van der Waals surface area contributed by atoms with Crippen molar-refractivity contribution in [3.8, 4) is 0 Å². The Morgan fingerprint density at radius 2 is 1.55 bits per heavy atom. The minimum atomic E-state index is -4.11. The van der Waals surface area contributed by atoms with E-state index < -0.39 is 18.1 Å². The highest BCUT2D eigenvalue weighted by atomic mass is 19.4. The quantitative estimate of drug-likeness (QED) is 0.793. The first kappa shape index (κ1) is 15.2. The Kier molecular flexibility index (Phi) is 4.31. The number of halogens is 3. The molecule has 2 rings (SSSR count). The molecule has 20 heavy (non-hydrogen) atoms. The average Bonchev–Trinajstić information content (AvgIpc) is 2.33. The maximum absolute atomic E-state index is 13.1. The van der Waals surface area contributed by atoms with Crippen molar-refractivity contribution in [2.45, 2.75) is 58.7 Å². The van der Waals surface area contributed by atoms with E-state index in [0.29, 0.717) is 12.8 Å². The third kappa shape index (κ3) is 3.28. The second kappa shape index (κ2) is 5.66. The van der Waals surface area contributed by atoms with Gasteiger partial charge >= 0.3 is 6.18 Å². The normalized spacial score (nSPS) is 23.7. The standard InChI is InChI=1S/C16H22F3N/c1-10-8-11(2)15(12(3)9-10)20-14-7-5-4-6-13(14)16(17,18)19/h8-9,13-14,20H,4-7H2,1-3H3. The van der Waals surface area contributed by atoms with Gasteiger partial charge < -0.3 is 5.32 Å². The Balaban J connectivity index is 2.23. The summed E-state index contributed by atoms with van der Waals surface area (Å²) < 4.78 is 39.4. The van der Waals surface area contributed by atoms with Crippen LogP contribution in [0.4, 0.5) is 18.9 Å². The molecule has 0 amide bonds. The number of hydrogen-bond donors (Lipinski definition) is 1. The minimum absolute atomic E-state index is 0.241. The molecular weight excluding hydrogens is 263 g/mol. The molecule has 0 heterocycles. The van der Waals surface area contributed by atoms with Crippen LogP contribution in [0.2, 0.25) is 0 Å². The zero-order valence-corrected chi connectivity index (χ0v) is 12.3. The van der Waals surface area contributed by atoms with Crippen LogP contribution in [-0.2, 0) is 0 Å². The molecule has 1 aromatic carbocycles. The smallest absolute Gasteiger partial charge is 0.381 e. The molecule has 0 bridgehead atoms. The van der Waals surface area contributed by atoms with Crippen molar-refractivity contribution in [1.29, 1.82) is 0 Å². The lowest BCUT2D eigenvalue weighted by molar-refractivity contribution is -0.184. The first-order chi connectivity index (χ1) is 9.29. The lowest BCUT2D eigenvalue weighted by Crippen LogP contribution is -2.41. The summed E-state index contributed by atoms with van der Waals surface area (Å²) in [5.41, 5.74) is 4.06. The first-order valence-corrected chi connectivity index (χ1v) is 7.20. The van der Waals surface area contributed by atoms with Gasteiger partial charge in [-0.05, 0) is 44.7 Å². The lowest BCUT2D eigenvalue weighted by Gasteiger charge is -2.35. The van der Waals surface area contributed by atoms with Gasteiger partial charge in [-0.1, -0.05) is 30.5 Å². The molecular formula is C16H22F3N. The number of alkyl halides is 3. The Hall–Kier alpha value is -1.19. The molecule has 1 aromatic rings. The highest BCUT2D eigenvalue weighted by Crippen LogP contribution is 2.39. The van der Waals surface area contributed by atoms with Crippen molar-refractivity contribution >= 4 is 5.69 Å². The van der Waals surface area contributed by atoms with Crippen LogP contribution in [0.5, 0.6) is 0 Å². The van der Waals surface area contributed by atoms with E-state index in [1.165, 1.54) is 0 Å². The first-order valence-electron chi connectivity index (χ1n) is 7.20. The van der Waals surface area contributed by atoms with Crippen LogP contribution in [0, 0.1) is 26.7 Å². The molecule has 1 aliphatic carbocycles. The van der Waals surface area contributed by atoms with Gasteiger partial charge in [0.25, 0.3) is 0 Å². The fraction of sp³-hybridized carbons (Fsp3) is 0.625. The summed E-state index contributed by atoms with van der Waals surface area (Å²) in [6, 6.07) is 3.53. The predicted octanol–water partition coefficient (Wildman–Crippen LogP) is 5.14. The zero-order valence-electron chi connectivity index (χ0n) is 12.3. The molecule has 0 aromatic heterocycles. The fourth-order valence-electron chi connectivity index (χ4n) is 3.29. The van der Waals surface area contributed by atoms with Crippen LogP contribution >= 0.6 is 0 Å². The topological polar surface area (TPSA) is 12.0 Å². The number of rotatable bonds is 2. The van der Waals surface area contributed by atoms with E-state index in [0.717, 1.165) is 28.8 Å². The second-order valence-electron chi connectivity index (χ2n) is 5.96. The Morgan fingerprint density at radius 3 is 2.10 bits per heavy atom. The average molecular weight is 285 g/mol. The molecule has 0 spiro atoms. The summed E-state index contributed by atoms with van der Waals surface area (Å²) in [5, 5.41) is 3.18. The van der Waals surface area contributed by atoms with Gasteiger partial charge in [-0.3, -0.25) is 0 Å². The van der Waals surface area contributed by atoms with E-state index >= 15 is 0 Å². The van der Waals surface area contributed by atoms with Gasteiger partial charge in [0.15, 0.2) is 0 Å². The Bertz CT molecular complexity index is 456. The highest BCUT2D eigenvalue weighted by molar-refractivity contribution is 5.58. The number of benzene rings is 1. The molecule has 2 atom stereocenters. The SMILES string of the molecule is Cc1cc(C)c(NC2CCCCC2C(F)(F)F)c(C)c1. The van der Waals surface area contributed by atoms with E-state index in [-0.39, 0.29) is 6.42 Å². The lowest BCUT2D eigenvalue weighted by atomic mass is 9.83. The van der Waals surface area contributed by atoms with Crippen molar-refractivity contribution in [2.24, 2.45) is 5.92 Å². The van der Waals surface area contributed by atoms with E-state index in [9.17, 15) is 13.2 Å². The summed E-state index contributed by atoms with van der Waals surface area (Å²) in [6.07, 6.45) is -1.73. The van der Waals surface area contributed by atoms with Crippen molar-refractivity contribution in [2.75, 3.05) is 5.32 Å². The largest absolute Gasteiger partial charge is 0.393 e. The van der Waals surface area contributed by atoms with Gasteiger partial charge in [0.2, 0.25) is 0 Å². The molecule has 112 valence electrons. The number of aryl methyl sites for hydroxylation is 3. The van der Waals surface area contributed by atoms with Crippen LogP contribution < -0.4 is 5.32 Å². The maximum Gasteiger partial charge on any atom is 0.393 e. The summed E-state index contributed by atoms with van der Waals surface area (Å²) >= 11 is 0. The molecule has 2 unspecified atom stereocenters. The van der Waals surface area contributed by atoms with Crippen molar-refractivity contribution in [1.82, 2.24) is 0 Å². The molecule has 0 aliphatic heterocycles. The van der Waals surface area contributed by atoms with Gasteiger partial charge in [0, 0.05) is 11.7 Å². The Morgan fingerprint density at radius 1 is 1.00 bits per heavy atom. The van der Waals surface area contributed by atoms with Crippen molar-refractivity contribution < 1.29 is 13.2 Å². The molecule has 1 nitrogen and oxygen atoms in total. The van der Waals surface area contributed by atoms with Gasteiger partial charge in [0.1, 0.15) is 0 Å². The molecule has 1 saturated carbocycles. The van der Waals surface area contributed by atoms with Gasteiger partial charge in [-0.15, -0.1) is 0 Å². The van der Waals surface area contributed by atoms with E-state index in [4.69, 9.17) is 0 Å². The summed E-state index contributed by atoms with van der Waals surface area (Å²) in [6.45, 7) is 5.91. The van der Waals surface area contributed by atoms with Gasteiger partial charge in [0.05, 0.1) is 5.92 Å². The van der Waals surface area contributed by atoms with Gasteiger partial charge in [-0.25, -0.2) is 0 Å². The van der Waals surface area contributed by atoms with Crippen molar-refractivity contribution in [3.05, 3.63) is 28.8 Å². The van der Waals surface area contributed by atoms with Crippen LogP contribution in [0.25, 0.3) is 0 Å². The number of anilines is 1. The third-order valence-corrected chi connectivity index (χ3v) is 4.19. The van der Waals surface area contributed by atoms with Crippen LogP contribution in [0.15, 0.2) is 12.1 Å². The zero-order chi connectivity index (χ0) is 14.9. The van der Waals surface area contributed by atoms with E-state index in [2.05, 4.69) is 5.32 Å². The van der Waals surface area contributed by atoms with Gasteiger partial charge in [-0.2, -0.15) is 13.2 Å². The molecule has 1 fully saturated rings. The predicted molar refractivity (Wildman–Crippen MR) is 76.1 cm³/mol. The van der Waals surface area contributed by atoms with E-state index in [1.54, 1.807) is 0 Å².